The van der Waals surface area contributed by atoms with Gasteiger partial charge in [-0.3, -0.25) is 4.79 Å². The first-order valence-corrected chi connectivity index (χ1v) is 8.17. The van der Waals surface area contributed by atoms with E-state index in [1.54, 1.807) is 6.20 Å². The fourth-order valence-electron chi connectivity index (χ4n) is 2.93. The predicted molar refractivity (Wildman–Crippen MR) is 99.9 cm³/mol. The Hall–Kier alpha value is -3.33. The van der Waals surface area contributed by atoms with Crippen molar-refractivity contribution >= 4 is 17.2 Å². The molecule has 3 heteroatoms. The summed E-state index contributed by atoms with van der Waals surface area (Å²) in [6.45, 7) is 0.538. The fraction of sp³-hybridized carbons (Fsp3) is 0.0455. The van der Waals surface area contributed by atoms with Crippen molar-refractivity contribution in [1.29, 1.82) is 0 Å². The highest BCUT2D eigenvalue weighted by Gasteiger charge is 2.06. The molecule has 1 heterocycles. The Bertz CT molecular complexity index is 1020. The first-order valence-electron chi connectivity index (χ1n) is 8.17. The van der Waals surface area contributed by atoms with Gasteiger partial charge in [0, 0.05) is 22.7 Å². The molecule has 4 rings (SSSR count). The smallest absolute Gasteiger partial charge is 0.152 e. The lowest BCUT2D eigenvalue weighted by Crippen LogP contribution is -1.95. The Morgan fingerprint density at radius 1 is 0.880 bits per heavy atom. The van der Waals surface area contributed by atoms with Gasteiger partial charge >= 0.3 is 0 Å². The van der Waals surface area contributed by atoms with Crippen LogP contribution in [-0.2, 0) is 6.61 Å². The number of aldehydes is 1. The summed E-state index contributed by atoms with van der Waals surface area (Å²) < 4.78 is 5.91. The maximum Gasteiger partial charge on any atom is 0.152 e. The fourth-order valence-corrected chi connectivity index (χ4v) is 2.93. The average molecular weight is 327 g/mol. The number of aromatic amines is 1. The molecule has 4 aromatic rings. The molecule has 0 saturated heterocycles. The van der Waals surface area contributed by atoms with Crippen LogP contribution in [0.2, 0.25) is 0 Å². The van der Waals surface area contributed by atoms with Crippen molar-refractivity contribution < 1.29 is 9.53 Å². The maximum absolute atomic E-state index is 11.2. The summed E-state index contributed by atoms with van der Waals surface area (Å²) in [4.78, 5) is 14.3. The Kier molecular flexibility index (Phi) is 4.05. The molecule has 0 saturated carbocycles. The maximum atomic E-state index is 11.2. The molecule has 0 aliphatic carbocycles. The molecule has 25 heavy (non-hydrogen) atoms. The second-order valence-electron chi connectivity index (χ2n) is 5.92. The summed E-state index contributed by atoms with van der Waals surface area (Å²) in [6.07, 6.45) is 2.61. The standard InChI is InChI=1S/C22H17NO2/c24-14-19-13-23-22-10-9-18(12-21(19)22)17-7-4-8-20(11-17)25-15-16-5-2-1-3-6-16/h1-14,23H,15H2. The van der Waals surface area contributed by atoms with Gasteiger partial charge in [0.25, 0.3) is 0 Å². The molecular formula is C22H17NO2. The van der Waals surface area contributed by atoms with Gasteiger partial charge in [0.2, 0.25) is 0 Å². The second-order valence-corrected chi connectivity index (χ2v) is 5.92. The molecule has 122 valence electrons. The molecule has 1 N–H and O–H groups in total. The topological polar surface area (TPSA) is 42.1 Å². The Labute approximate surface area is 145 Å². The van der Waals surface area contributed by atoms with E-state index in [0.717, 1.165) is 39.6 Å². The molecule has 0 bridgehead atoms. The predicted octanol–water partition coefficient (Wildman–Crippen LogP) is 5.23. The van der Waals surface area contributed by atoms with E-state index < -0.39 is 0 Å². The molecule has 0 aliphatic rings. The first kappa shape index (κ1) is 15.2. The van der Waals surface area contributed by atoms with E-state index in [2.05, 4.69) is 4.98 Å². The Morgan fingerprint density at radius 2 is 1.72 bits per heavy atom. The molecular weight excluding hydrogens is 310 g/mol. The van der Waals surface area contributed by atoms with Crippen molar-refractivity contribution in [3.8, 4) is 16.9 Å². The zero-order valence-corrected chi connectivity index (χ0v) is 13.6. The van der Waals surface area contributed by atoms with Crippen LogP contribution in [0, 0.1) is 0 Å². The van der Waals surface area contributed by atoms with Crippen LogP contribution in [0.3, 0.4) is 0 Å². The quantitative estimate of drug-likeness (QED) is 0.510. The molecule has 3 aromatic carbocycles. The van der Waals surface area contributed by atoms with Gasteiger partial charge < -0.3 is 9.72 Å². The lowest BCUT2D eigenvalue weighted by Gasteiger charge is -2.09. The minimum atomic E-state index is 0.538. The molecule has 3 nitrogen and oxygen atoms in total. The zero-order chi connectivity index (χ0) is 17.1. The normalized spacial score (nSPS) is 10.7. The lowest BCUT2D eigenvalue weighted by molar-refractivity contribution is 0.112. The van der Waals surface area contributed by atoms with E-state index in [4.69, 9.17) is 4.74 Å². The largest absolute Gasteiger partial charge is 0.489 e. The summed E-state index contributed by atoms with van der Waals surface area (Å²) in [5, 5.41) is 0.933. The van der Waals surface area contributed by atoms with Gasteiger partial charge in [-0.15, -0.1) is 0 Å². The average Bonchev–Trinajstić information content (AvgIpc) is 3.10. The number of fused-ring (bicyclic) bond motifs is 1. The third-order valence-electron chi connectivity index (χ3n) is 4.26. The molecule has 0 amide bonds. The number of hydrogen-bond acceptors (Lipinski definition) is 2. The van der Waals surface area contributed by atoms with Crippen LogP contribution in [0.4, 0.5) is 0 Å². The van der Waals surface area contributed by atoms with Gasteiger partial charge in [0.1, 0.15) is 12.4 Å². The van der Waals surface area contributed by atoms with Gasteiger partial charge in [-0.25, -0.2) is 0 Å². The minimum absolute atomic E-state index is 0.538. The molecule has 0 unspecified atom stereocenters. The van der Waals surface area contributed by atoms with Crippen molar-refractivity contribution in [1.82, 2.24) is 4.98 Å². The van der Waals surface area contributed by atoms with E-state index in [9.17, 15) is 4.79 Å². The summed E-state index contributed by atoms with van der Waals surface area (Å²) in [5.74, 6) is 0.825. The van der Waals surface area contributed by atoms with Crippen molar-refractivity contribution in [3.63, 3.8) is 0 Å². The number of carbonyl (C=O) groups excluding carboxylic acids is 1. The van der Waals surface area contributed by atoms with E-state index >= 15 is 0 Å². The highest BCUT2D eigenvalue weighted by Crippen LogP contribution is 2.28. The Morgan fingerprint density at radius 3 is 2.56 bits per heavy atom. The molecule has 0 atom stereocenters. The molecule has 0 spiro atoms. The van der Waals surface area contributed by atoms with E-state index in [-0.39, 0.29) is 0 Å². The first-order chi connectivity index (χ1) is 12.3. The van der Waals surface area contributed by atoms with Gasteiger partial charge in [0.15, 0.2) is 6.29 Å². The summed E-state index contributed by atoms with van der Waals surface area (Å²) >= 11 is 0. The Balaban J connectivity index is 1.61. The van der Waals surface area contributed by atoms with Crippen LogP contribution in [-0.4, -0.2) is 11.3 Å². The van der Waals surface area contributed by atoms with Gasteiger partial charge in [-0.05, 0) is 41.0 Å². The monoisotopic (exact) mass is 327 g/mol. The number of benzene rings is 3. The van der Waals surface area contributed by atoms with Crippen molar-refractivity contribution in [2.45, 2.75) is 6.61 Å². The third kappa shape index (κ3) is 3.17. The van der Waals surface area contributed by atoms with Crippen LogP contribution in [0.25, 0.3) is 22.0 Å². The molecule has 1 aromatic heterocycles. The second kappa shape index (κ2) is 6.65. The van der Waals surface area contributed by atoms with Crippen LogP contribution in [0.1, 0.15) is 15.9 Å². The summed E-state index contributed by atoms with van der Waals surface area (Å²) in [7, 11) is 0. The number of carbonyl (C=O) groups is 1. The van der Waals surface area contributed by atoms with Crippen LogP contribution in [0.5, 0.6) is 5.75 Å². The highest BCUT2D eigenvalue weighted by atomic mass is 16.5. The highest BCUT2D eigenvalue weighted by molar-refractivity contribution is 5.99. The van der Waals surface area contributed by atoms with E-state index in [0.29, 0.717) is 12.2 Å². The van der Waals surface area contributed by atoms with Crippen LogP contribution < -0.4 is 4.74 Å². The summed E-state index contributed by atoms with van der Waals surface area (Å²) in [6, 6.07) is 24.2. The third-order valence-corrected chi connectivity index (χ3v) is 4.26. The number of rotatable bonds is 5. The zero-order valence-electron chi connectivity index (χ0n) is 13.6. The minimum Gasteiger partial charge on any atom is -0.489 e. The number of H-pyrrole nitrogens is 1. The van der Waals surface area contributed by atoms with Crippen molar-refractivity contribution in [2.75, 3.05) is 0 Å². The number of aromatic nitrogens is 1. The van der Waals surface area contributed by atoms with Gasteiger partial charge in [-0.2, -0.15) is 0 Å². The van der Waals surface area contributed by atoms with E-state index in [1.807, 2.05) is 72.8 Å². The number of ether oxygens (including phenoxy) is 1. The molecule has 0 aliphatic heterocycles. The van der Waals surface area contributed by atoms with Gasteiger partial charge in [-0.1, -0.05) is 48.5 Å². The van der Waals surface area contributed by atoms with Crippen LogP contribution in [0.15, 0.2) is 79.0 Å². The lowest BCUT2D eigenvalue weighted by atomic mass is 10.0. The van der Waals surface area contributed by atoms with E-state index in [1.165, 1.54) is 0 Å². The number of nitrogens with one attached hydrogen (secondary N) is 1. The molecule has 0 fully saturated rings. The summed E-state index contributed by atoms with van der Waals surface area (Å²) in [5.41, 5.74) is 4.89. The van der Waals surface area contributed by atoms with Crippen molar-refractivity contribution in [3.05, 3.63) is 90.1 Å². The SMILES string of the molecule is O=Cc1c[nH]c2ccc(-c3cccc(OCc4ccccc4)c3)cc12. The molecule has 0 radical (unpaired) electrons. The van der Waals surface area contributed by atoms with Crippen molar-refractivity contribution in [2.24, 2.45) is 0 Å². The van der Waals surface area contributed by atoms with Crippen LogP contribution >= 0.6 is 0 Å². The number of hydrogen-bond donors (Lipinski definition) is 1. The van der Waals surface area contributed by atoms with Gasteiger partial charge in [0.05, 0.1) is 0 Å².